The van der Waals surface area contributed by atoms with Crippen LogP contribution in [0.15, 0.2) is 47.6 Å². The first-order chi connectivity index (χ1) is 13.4. The molecule has 0 aliphatic rings. The zero-order chi connectivity index (χ0) is 20.3. The number of hydrogen-bond donors (Lipinski definition) is 1. The van der Waals surface area contributed by atoms with Crippen LogP contribution in [0, 0.1) is 20.9 Å². The van der Waals surface area contributed by atoms with Crippen LogP contribution in [0.5, 0.6) is 11.6 Å². The van der Waals surface area contributed by atoms with Crippen molar-refractivity contribution < 1.29 is 14.8 Å². The predicted octanol–water partition coefficient (Wildman–Crippen LogP) is 5.13. The first-order valence-corrected chi connectivity index (χ1v) is 8.95. The maximum atomic E-state index is 11.2. The van der Waals surface area contributed by atoms with Crippen LogP contribution >= 0.6 is 0 Å². The number of rotatable bonds is 8. The number of benzene rings is 2. The van der Waals surface area contributed by atoms with E-state index in [9.17, 15) is 20.1 Å². The van der Waals surface area contributed by atoms with E-state index in [1.807, 2.05) is 24.3 Å². The summed E-state index contributed by atoms with van der Waals surface area (Å²) >= 11 is 0. The molecule has 2 aromatic carbocycles. The fourth-order valence-corrected chi connectivity index (χ4v) is 2.96. The summed E-state index contributed by atoms with van der Waals surface area (Å²) in [5.41, 5.74) is 0.999. The number of non-ortho nitro benzene ring substituents is 1. The van der Waals surface area contributed by atoms with E-state index in [1.54, 1.807) is 0 Å². The second kappa shape index (κ2) is 8.08. The Morgan fingerprint density at radius 3 is 2.54 bits per heavy atom. The molecule has 1 heterocycles. The number of aromatic nitrogens is 1. The minimum Gasteiger partial charge on any atom is -0.494 e. The number of nitro benzene ring substituents is 1. The van der Waals surface area contributed by atoms with E-state index in [4.69, 9.17) is 4.74 Å². The number of aromatic hydroxyl groups is 1. The molecule has 3 aromatic rings. The molecule has 0 bridgehead atoms. The third-order valence-corrected chi connectivity index (χ3v) is 4.52. The van der Waals surface area contributed by atoms with Crippen molar-refractivity contribution in [3.8, 4) is 11.6 Å². The Hall–Kier alpha value is -3.42. The molecule has 3 rings (SSSR count). The molecule has 0 radical (unpaired) electrons. The van der Waals surface area contributed by atoms with Crippen LogP contribution in [0.3, 0.4) is 0 Å². The number of nitro groups is 1. The van der Waals surface area contributed by atoms with Gasteiger partial charge >= 0.3 is 0 Å². The highest BCUT2D eigenvalue weighted by atomic mass is 16.6. The second-order valence-electron chi connectivity index (χ2n) is 6.98. The molecule has 0 aliphatic carbocycles. The zero-order valence-corrected chi connectivity index (χ0v) is 15.7. The molecule has 0 saturated carbocycles. The maximum Gasteiger partial charge on any atom is 0.270 e. The molecule has 28 heavy (non-hydrogen) atoms. The average molecular weight is 383 g/mol. The van der Waals surface area contributed by atoms with Crippen molar-refractivity contribution in [3.05, 3.63) is 63.0 Å². The van der Waals surface area contributed by atoms with Gasteiger partial charge in [-0.15, -0.1) is 4.91 Å². The summed E-state index contributed by atoms with van der Waals surface area (Å²) in [5.74, 6) is 1.01. The average Bonchev–Trinajstić information content (AvgIpc) is 2.93. The van der Waals surface area contributed by atoms with E-state index < -0.39 is 4.92 Å². The lowest BCUT2D eigenvalue weighted by Gasteiger charge is -2.10. The van der Waals surface area contributed by atoms with Gasteiger partial charge < -0.3 is 14.4 Å². The van der Waals surface area contributed by atoms with Gasteiger partial charge in [0, 0.05) is 17.5 Å². The van der Waals surface area contributed by atoms with Gasteiger partial charge in [0.15, 0.2) is 5.69 Å². The lowest BCUT2D eigenvalue weighted by molar-refractivity contribution is -0.384. The van der Waals surface area contributed by atoms with Crippen molar-refractivity contribution in [3.63, 3.8) is 0 Å². The van der Waals surface area contributed by atoms with Gasteiger partial charge in [-0.05, 0) is 41.3 Å². The fraction of sp³-hybridized carbons (Fsp3) is 0.300. The Kier molecular flexibility index (Phi) is 5.58. The highest BCUT2D eigenvalue weighted by Gasteiger charge is 2.20. The van der Waals surface area contributed by atoms with Crippen LogP contribution in [-0.4, -0.2) is 21.2 Å². The third kappa shape index (κ3) is 3.95. The number of fused-ring (bicyclic) bond motifs is 1. The first-order valence-electron chi connectivity index (χ1n) is 8.95. The Balaban J connectivity index is 1.87. The Morgan fingerprint density at radius 2 is 1.93 bits per heavy atom. The molecule has 0 aliphatic heterocycles. The highest BCUT2D eigenvalue weighted by Crippen LogP contribution is 2.40. The standard InChI is InChI=1S/C20H21N3O5/c1-13(2)9-10-28-16-6-3-14(4-7-16)12-22-18-8-5-15(23(26)27)11-17(18)19(21-25)20(22)24/h3-8,11,13,24H,9-10,12H2,1-2H3. The van der Waals surface area contributed by atoms with Gasteiger partial charge in [0.2, 0.25) is 5.88 Å². The normalized spacial score (nSPS) is 11.1. The Labute approximate surface area is 161 Å². The number of nitrogens with zero attached hydrogens (tertiary/aromatic N) is 3. The van der Waals surface area contributed by atoms with Crippen LogP contribution in [0.25, 0.3) is 10.9 Å². The lowest BCUT2D eigenvalue weighted by atomic mass is 10.1. The molecular formula is C20H21N3O5. The summed E-state index contributed by atoms with van der Waals surface area (Å²) in [6.45, 7) is 5.20. The lowest BCUT2D eigenvalue weighted by Crippen LogP contribution is -2.02. The molecule has 0 unspecified atom stereocenters. The topological polar surface area (TPSA) is 107 Å². The van der Waals surface area contributed by atoms with Gasteiger partial charge in [-0.2, -0.15) is 0 Å². The zero-order valence-electron chi connectivity index (χ0n) is 15.7. The summed E-state index contributed by atoms with van der Waals surface area (Å²) in [6, 6.07) is 11.5. The van der Waals surface area contributed by atoms with E-state index >= 15 is 0 Å². The van der Waals surface area contributed by atoms with Crippen molar-refractivity contribution >= 4 is 22.3 Å². The van der Waals surface area contributed by atoms with Crippen molar-refractivity contribution in [1.82, 2.24) is 4.57 Å². The van der Waals surface area contributed by atoms with Crippen LogP contribution < -0.4 is 4.74 Å². The quantitative estimate of drug-likeness (QED) is 0.330. The summed E-state index contributed by atoms with van der Waals surface area (Å²) in [4.78, 5) is 21.6. The fourth-order valence-electron chi connectivity index (χ4n) is 2.96. The number of hydrogen-bond acceptors (Lipinski definition) is 6. The highest BCUT2D eigenvalue weighted by molar-refractivity contribution is 5.96. The van der Waals surface area contributed by atoms with Gasteiger partial charge in [0.1, 0.15) is 5.75 Å². The summed E-state index contributed by atoms with van der Waals surface area (Å²) in [6.07, 6.45) is 0.971. The summed E-state index contributed by atoms with van der Waals surface area (Å²) in [7, 11) is 0. The molecule has 146 valence electrons. The maximum absolute atomic E-state index is 11.2. The van der Waals surface area contributed by atoms with Gasteiger partial charge in [-0.1, -0.05) is 26.0 Å². The Morgan fingerprint density at radius 1 is 1.21 bits per heavy atom. The van der Waals surface area contributed by atoms with Gasteiger partial charge in [-0.25, -0.2) is 0 Å². The number of ether oxygens (including phenoxy) is 1. The molecule has 8 nitrogen and oxygen atoms in total. The van der Waals surface area contributed by atoms with E-state index in [0.717, 1.165) is 17.7 Å². The number of nitroso groups, excluding NO2 is 1. The molecule has 0 saturated heterocycles. The van der Waals surface area contributed by atoms with Gasteiger partial charge in [-0.3, -0.25) is 10.1 Å². The molecule has 0 atom stereocenters. The first kappa shape index (κ1) is 19.3. The minimum atomic E-state index is -0.555. The van der Waals surface area contributed by atoms with Crippen molar-refractivity contribution in [2.75, 3.05) is 6.61 Å². The summed E-state index contributed by atoms with van der Waals surface area (Å²) < 4.78 is 7.20. The largest absolute Gasteiger partial charge is 0.494 e. The Bertz CT molecular complexity index is 1010. The molecule has 0 spiro atoms. The second-order valence-corrected chi connectivity index (χ2v) is 6.98. The van der Waals surface area contributed by atoms with Gasteiger partial charge in [0.05, 0.1) is 23.6 Å². The van der Waals surface area contributed by atoms with Crippen LogP contribution in [0.2, 0.25) is 0 Å². The molecular weight excluding hydrogens is 362 g/mol. The van der Waals surface area contributed by atoms with Gasteiger partial charge in [0.25, 0.3) is 5.69 Å². The van der Waals surface area contributed by atoms with Crippen molar-refractivity contribution in [2.24, 2.45) is 11.1 Å². The monoisotopic (exact) mass is 383 g/mol. The van der Waals surface area contributed by atoms with E-state index in [2.05, 4.69) is 19.0 Å². The predicted molar refractivity (Wildman–Crippen MR) is 106 cm³/mol. The van der Waals surface area contributed by atoms with Crippen LogP contribution in [0.1, 0.15) is 25.8 Å². The van der Waals surface area contributed by atoms with E-state index in [1.165, 1.54) is 22.8 Å². The minimum absolute atomic E-state index is 0.169. The van der Waals surface area contributed by atoms with Crippen LogP contribution in [-0.2, 0) is 6.54 Å². The molecule has 0 fully saturated rings. The molecule has 1 N–H and O–H groups in total. The molecule has 0 amide bonds. The van der Waals surface area contributed by atoms with E-state index in [0.29, 0.717) is 18.0 Å². The molecule has 1 aromatic heterocycles. The van der Waals surface area contributed by atoms with Crippen LogP contribution in [0.4, 0.5) is 11.4 Å². The van der Waals surface area contributed by atoms with Crippen molar-refractivity contribution in [2.45, 2.75) is 26.8 Å². The SMILES string of the molecule is CC(C)CCOc1ccc(Cn2c(O)c(N=O)c3cc([N+](=O)[O-])ccc32)cc1. The summed E-state index contributed by atoms with van der Waals surface area (Å²) in [5, 5.41) is 24.5. The molecule has 8 heteroatoms. The smallest absolute Gasteiger partial charge is 0.270 e. The van der Waals surface area contributed by atoms with Crippen molar-refractivity contribution in [1.29, 1.82) is 0 Å². The van der Waals surface area contributed by atoms with E-state index in [-0.39, 0.29) is 29.2 Å². The third-order valence-electron chi connectivity index (χ3n) is 4.52.